The summed E-state index contributed by atoms with van der Waals surface area (Å²) < 4.78 is 33.1. The minimum Gasteiger partial charge on any atom is -0.491 e. The average Bonchev–Trinajstić information content (AvgIpc) is 1.86. The van der Waals surface area contributed by atoms with Crippen LogP contribution in [-0.2, 0) is 41.6 Å². The maximum atomic E-state index is 15.2. The topological polar surface area (TPSA) is 297 Å². The number of ether oxygens (including phenoxy) is 3. The predicted octanol–water partition coefficient (Wildman–Crippen LogP) is 4.92. The Balaban J connectivity index is 0.571. The Hall–Kier alpha value is -8.97. The molecule has 2 fully saturated rings. The highest BCUT2D eigenvalue weighted by Crippen LogP contribution is 2.40. The molecule has 0 saturated carbocycles. The van der Waals surface area contributed by atoms with Gasteiger partial charge in [-0.1, -0.05) is 41.4 Å². The number of halogens is 1. The van der Waals surface area contributed by atoms with Crippen molar-refractivity contribution in [1.29, 1.82) is 0 Å². The molecular formula is C59H61FN12O12S2. The summed E-state index contributed by atoms with van der Waals surface area (Å²) in [7, 11) is 0. The lowest BCUT2D eigenvalue weighted by atomic mass is 10.0. The van der Waals surface area contributed by atoms with Crippen LogP contribution in [-0.4, -0.2) is 172 Å². The van der Waals surface area contributed by atoms with Gasteiger partial charge in [-0.2, -0.15) is 0 Å². The maximum Gasteiger partial charge on any atom is 0.355 e. The number of aromatic carboxylic acids is 1. The number of carbonyl (C=O) groups excluding carboxylic acids is 7. The molecular weight excluding hydrogens is 1150 g/mol. The Morgan fingerprint density at radius 3 is 2.42 bits per heavy atom. The molecule has 5 N–H and O–H groups in total. The number of piperidine rings is 1. The van der Waals surface area contributed by atoms with E-state index in [2.05, 4.69) is 58.2 Å². The number of anilines is 4. The van der Waals surface area contributed by atoms with Gasteiger partial charge in [-0.15, -0.1) is 21.5 Å². The summed E-state index contributed by atoms with van der Waals surface area (Å²) in [5.74, 6) is 2.29. The lowest BCUT2D eigenvalue weighted by molar-refractivity contribution is -0.136. The van der Waals surface area contributed by atoms with Crippen molar-refractivity contribution in [3.8, 4) is 23.3 Å². The van der Waals surface area contributed by atoms with Crippen LogP contribution in [0.25, 0.3) is 10.2 Å². The number of aromatic nitrogens is 4. The summed E-state index contributed by atoms with van der Waals surface area (Å²) in [5, 5.41) is 31.3. The van der Waals surface area contributed by atoms with E-state index >= 15 is 4.39 Å². The van der Waals surface area contributed by atoms with E-state index in [1.54, 1.807) is 11.0 Å². The van der Waals surface area contributed by atoms with Crippen molar-refractivity contribution in [2.24, 2.45) is 0 Å². The van der Waals surface area contributed by atoms with Crippen molar-refractivity contribution in [3.63, 3.8) is 0 Å². The summed E-state index contributed by atoms with van der Waals surface area (Å²) in [6.45, 7) is 5.62. The van der Waals surface area contributed by atoms with Crippen LogP contribution in [0, 0.1) is 24.6 Å². The molecule has 6 aromatic rings. The lowest BCUT2D eigenvalue weighted by Crippen LogP contribution is -2.54. The van der Waals surface area contributed by atoms with Crippen LogP contribution in [0.1, 0.15) is 97.7 Å². The highest BCUT2D eigenvalue weighted by Gasteiger charge is 2.46. The normalized spacial score (nSPS) is 15.8. The van der Waals surface area contributed by atoms with E-state index in [0.717, 1.165) is 44.2 Å². The van der Waals surface area contributed by atoms with Crippen LogP contribution in [0.15, 0.2) is 60.7 Å². The van der Waals surface area contributed by atoms with Gasteiger partial charge in [-0.25, -0.2) is 19.2 Å². The van der Waals surface area contributed by atoms with Gasteiger partial charge in [0, 0.05) is 86.6 Å². The Morgan fingerprint density at radius 2 is 1.64 bits per heavy atom. The van der Waals surface area contributed by atoms with Gasteiger partial charge >= 0.3 is 5.97 Å². The second-order valence-electron chi connectivity index (χ2n) is 20.6. The molecule has 1 unspecified atom stereocenters. The number of thiazole rings is 2. The number of benzene rings is 3. The van der Waals surface area contributed by atoms with Gasteiger partial charge in [0.2, 0.25) is 23.6 Å². The number of piperazine rings is 1. The summed E-state index contributed by atoms with van der Waals surface area (Å²) in [6, 6.07) is 15.6. The molecule has 86 heavy (non-hydrogen) atoms. The third kappa shape index (κ3) is 14.4. The molecule has 3 aromatic heterocycles. The van der Waals surface area contributed by atoms with Gasteiger partial charge in [0.05, 0.1) is 47.7 Å². The molecule has 3 aromatic carbocycles. The van der Waals surface area contributed by atoms with E-state index in [4.69, 9.17) is 14.2 Å². The molecule has 24 nitrogen and oxygen atoms in total. The molecule has 0 radical (unpaired) electrons. The van der Waals surface area contributed by atoms with Gasteiger partial charge in [0.25, 0.3) is 17.7 Å². The molecule has 4 aliphatic rings. The third-order valence-corrected chi connectivity index (χ3v) is 16.8. The number of para-hydroxylation sites is 1. The number of hydrogen-bond acceptors (Lipinski definition) is 20. The summed E-state index contributed by atoms with van der Waals surface area (Å²) in [5.41, 5.74) is 3.26. The second kappa shape index (κ2) is 27.8. The highest BCUT2D eigenvalue weighted by molar-refractivity contribution is 7.22. The molecule has 2 saturated heterocycles. The van der Waals surface area contributed by atoms with Crippen LogP contribution in [0.5, 0.6) is 11.5 Å². The van der Waals surface area contributed by atoms with Crippen molar-refractivity contribution in [2.75, 3.05) is 89.0 Å². The van der Waals surface area contributed by atoms with Crippen LogP contribution in [0.2, 0.25) is 0 Å². The monoisotopic (exact) mass is 1210 g/mol. The van der Waals surface area contributed by atoms with E-state index < -0.39 is 54.0 Å². The molecule has 0 aliphatic carbocycles. The fourth-order valence-corrected chi connectivity index (χ4v) is 12.3. The highest BCUT2D eigenvalue weighted by atomic mass is 32.1. The van der Waals surface area contributed by atoms with Crippen LogP contribution in [0.4, 0.5) is 26.3 Å². The number of hydrogen-bond donors (Lipinski definition) is 5. The second-order valence-corrected chi connectivity index (χ2v) is 22.6. The third-order valence-electron chi connectivity index (χ3n) is 14.7. The quantitative estimate of drug-likeness (QED) is 0.0305. The van der Waals surface area contributed by atoms with Crippen molar-refractivity contribution in [1.82, 2.24) is 50.8 Å². The number of aryl methyl sites for hydroxylation is 1. The van der Waals surface area contributed by atoms with Crippen LogP contribution >= 0.6 is 22.7 Å². The zero-order chi connectivity index (χ0) is 60.3. The smallest absolute Gasteiger partial charge is 0.355 e. The van der Waals surface area contributed by atoms with Crippen LogP contribution < -0.4 is 35.6 Å². The molecule has 7 heterocycles. The number of fused-ring (bicyclic) bond motifs is 3. The van der Waals surface area contributed by atoms with Gasteiger partial charge < -0.3 is 45.1 Å². The fourth-order valence-electron chi connectivity index (χ4n) is 10.3. The number of rotatable bonds is 24. The number of carbonyl (C=O) groups is 8. The summed E-state index contributed by atoms with van der Waals surface area (Å²) >= 11 is 2.83. The first-order chi connectivity index (χ1) is 41.7. The first-order valence-corrected chi connectivity index (χ1v) is 29.8. The van der Waals surface area contributed by atoms with E-state index in [1.165, 1.54) is 53.0 Å². The number of carboxylic acids is 1. The van der Waals surface area contributed by atoms with Gasteiger partial charge in [-0.05, 0) is 87.9 Å². The minimum atomic E-state index is -1.14. The van der Waals surface area contributed by atoms with E-state index in [1.807, 2.05) is 36.1 Å². The van der Waals surface area contributed by atoms with Gasteiger partial charge in [0.15, 0.2) is 45.8 Å². The Labute approximate surface area is 500 Å². The van der Waals surface area contributed by atoms with Crippen molar-refractivity contribution in [2.45, 2.75) is 70.8 Å². The maximum absolute atomic E-state index is 15.2. The lowest BCUT2D eigenvalue weighted by Gasteiger charge is -2.33. The van der Waals surface area contributed by atoms with Crippen LogP contribution in [0.3, 0.4) is 0 Å². The Kier molecular flexibility index (Phi) is 19.5. The molecule has 7 amide bonds. The molecule has 1 atom stereocenters. The van der Waals surface area contributed by atoms with E-state index in [9.17, 15) is 43.5 Å². The number of carboxylic acid groups (broad SMARTS) is 1. The molecule has 10 rings (SSSR count). The standard InChI is InChI=1S/C59H61FN12O12S2/c1-35-37-11-7-25-71(53(37)68-67-52(35)66-58-63-40-12-2-3-14-44(40)85-58)59-65-51(57(80)81)45(86-59)15-8-30-83-42-20-18-36(33-39(42)60)9-6-24-69-26-28-70(29-27-69)49(76)17-5-16-46(73)61-22-31-82-32-23-62-48(75)34-84-43-13-4-10-38-50(43)56(79)72(55(38)78)41-19-21-47(74)64-54(41)77/h2-4,10,12-14,18,20,33,41H,5,7-8,11,15-17,19,21-32,34H2,1H3,(H,61,73)(H,62,75)(H,80,81)(H,63,66,67)(H,64,74,77). The first kappa shape index (κ1) is 60.2. The average molecular weight is 1210 g/mol. The van der Waals surface area contributed by atoms with Crippen molar-refractivity contribution < 1.29 is 62.1 Å². The number of imide groups is 2. The fraction of sp³-hybridized carbons (Fsp3) is 0.390. The molecule has 448 valence electrons. The number of nitrogens with zero attached hydrogens (tertiary/aromatic N) is 8. The first-order valence-electron chi connectivity index (χ1n) is 28.2. The number of amides is 7. The van der Waals surface area contributed by atoms with E-state index in [0.29, 0.717) is 85.7 Å². The zero-order valence-corrected chi connectivity index (χ0v) is 48.5. The molecule has 0 bridgehead atoms. The van der Waals surface area contributed by atoms with Crippen molar-refractivity contribution in [3.05, 3.63) is 105 Å². The zero-order valence-electron chi connectivity index (χ0n) is 46.9. The Morgan fingerprint density at radius 1 is 0.837 bits per heavy atom. The van der Waals surface area contributed by atoms with Crippen molar-refractivity contribution >= 4 is 102 Å². The largest absolute Gasteiger partial charge is 0.491 e. The molecule has 0 spiro atoms. The van der Waals surface area contributed by atoms with E-state index in [-0.39, 0.29) is 98.7 Å². The van der Waals surface area contributed by atoms with Gasteiger partial charge in [0.1, 0.15) is 11.8 Å². The summed E-state index contributed by atoms with van der Waals surface area (Å²) in [4.78, 5) is 117. The predicted molar refractivity (Wildman–Crippen MR) is 313 cm³/mol. The molecule has 27 heteroatoms. The SMILES string of the molecule is Cc1c(Nc2nc3ccccc3s2)nnc2c1CCCN2c1nc(C(=O)O)c(CCCOc2ccc(C#CCN3CCN(C(=O)CCCC(=O)NCCOCCNC(=O)COc4cccc5c4C(=O)N(C4CCC(=O)NC4=O)C5=O)CC3)cc2F)s1. The Bertz CT molecular complexity index is 3640. The van der Waals surface area contributed by atoms with Gasteiger partial charge in [-0.3, -0.25) is 48.7 Å². The molecule has 4 aliphatic heterocycles. The minimum absolute atomic E-state index is 0.00169. The number of nitrogens with one attached hydrogen (secondary N) is 4. The summed E-state index contributed by atoms with van der Waals surface area (Å²) in [6.07, 6.45) is 3.12.